The van der Waals surface area contributed by atoms with Crippen molar-refractivity contribution in [2.75, 3.05) is 32.7 Å². The summed E-state index contributed by atoms with van der Waals surface area (Å²) in [6.07, 6.45) is 4.54. The van der Waals surface area contributed by atoms with Crippen molar-refractivity contribution in [3.63, 3.8) is 0 Å². The van der Waals surface area contributed by atoms with E-state index in [0.717, 1.165) is 62.4 Å². The zero-order valence-corrected chi connectivity index (χ0v) is 16.3. The highest BCUT2D eigenvalue weighted by Crippen LogP contribution is 2.33. The Bertz CT molecular complexity index is 797. The first-order valence-corrected chi connectivity index (χ1v) is 10.2. The highest BCUT2D eigenvalue weighted by atomic mass is 19.1. The molecule has 1 fully saturated rings. The van der Waals surface area contributed by atoms with Gasteiger partial charge in [0.2, 0.25) is 5.91 Å². The number of likely N-dealkylation sites (tertiary alicyclic amines) is 1. The van der Waals surface area contributed by atoms with Crippen molar-refractivity contribution >= 4 is 5.91 Å². The van der Waals surface area contributed by atoms with E-state index in [0.29, 0.717) is 6.54 Å². The van der Waals surface area contributed by atoms with Gasteiger partial charge in [-0.1, -0.05) is 19.1 Å². The van der Waals surface area contributed by atoms with Gasteiger partial charge in [-0.3, -0.25) is 9.69 Å². The molecule has 28 heavy (non-hydrogen) atoms. The molecule has 2 aliphatic heterocycles. The van der Waals surface area contributed by atoms with E-state index in [-0.39, 0.29) is 23.8 Å². The maximum absolute atomic E-state index is 13.4. The van der Waals surface area contributed by atoms with E-state index in [2.05, 4.69) is 32.0 Å². The summed E-state index contributed by atoms with van der Waals surface area (Å²) < 4.78 is 13.4. The molecule has 0 saturated carbocycles. The molecule has 2 aromatic rings. The Kier molecular flexibility index (Phi) is 5.73. The lowest BCUT2D eigenvalue weighted by Crippen LogP contribution is -2.49. The van der Waals surface area contributed by atoms with Crippen molar-refractivity contribution in [2.24, 2.45) is 0 Å². The van der Waals surface area contributed by atoms with E-state index in [1.165, 1.54) is 12.1 Å². The second-order valence-corrected chi connectivity index (χ2v) is 7.72. The fourth-order valence-electron chi connectivity index (χ4n) is 4.36. The van der Waals surface area contributed by atoms with Crippen LogP contribution in [0.2, 0.25) is 0 Å². The van der Waals surface area contributed by atoms with Crippen LogP contribution in [-0.4, -0.2) is 64.4 Å². The summed E-state index contributed by atoms with van der Waals surface area (Å²) in [5.41, 5.74) is 2.98. The molecule has 1 atom stereocenters. The summed E-state index contributed by atoms with van der Waals surface area (Å²) in [5.74, 6) is -0.203. The molecular formula is C21H28FN5O. The Morgan fingerprint density at radius 3 is 2.71 bits per heavy atom. The predicted octanol–water partition coefficient (Wildman–Crippen LogP) is 2.10. The molecule has 1 amide bonds. The van der Waals surface area contributed by atoms with E-state index < -0.39 is 0 Å². The molecule has 6 nitrogen and oxygen atoms in total. The van der Waals surface area contributed by atoms with Crippen LogP contribution in [0.15, 0.2) is 30.6 Å². The third kappa shape index (κ3) is 4.10. The number of amides is 1. The number of benzene rings is 1. The largest absolute Gasteiger partial charge is 0.352 e. The van der Waals surface area contributed by atoms with Crippen molar-refractivity contribution in [3.8, 4) is 0 Å². The molecule has 1 aromatic carbocycles. The molecule has 2 N–H and O–H groups in total. The molecule has 4 rings (SSSR count). The van der Waals surface area contributed by atoms with E-state index in [1.54, 1.807) is 18.5 Å². The predicted molar refractivity (Wildman–Crippen MR) is 105 cm³/mol. The standard InChI is InChI=1S/C21H28FN5O/c1-2-26-10-7-17(8-11-26)25-19(28)13-27-12-9-18-20(24-14-23-18)21(27)15-3-5-16(22)6-4-15/h3-6,14,17,21H,2,7-13H2,1H3,(H,23,24)(H,25,28). The topological polar surface area (TPSA) is 64.3 Å². The minimum absolute atomic E-state index is 0.0565. The average Bonchev–Trinajstić information content (AvgIpc) is 3.18. The van der Waals surface area contributed by atoms with Gasteiger partial charge in [0.25, 0.3) is 0 Å². The SMILES string of the molecule is CCN1CCC(NC(=O)CN2CCc3[nH]cnc3C2c2ccc(F)cc2)CC1. The molecule has 150 valence electrons. The van der Waals surface area contributed by atoms with Gasteiger partial charge in [0.1, 0.15) is 5.82 Å². The number of aromatic amines is 1. The summed E-state index contributed by atoms with van der Waals surface area (Å²) in [4.78, 5) is 25.0. The van der Waals surface area contributed by atoms with Crippen LogP contribution in [0.1, 0.15) is 42.8 Å². The number of rotatable bonds is 5. The van der Waals surface area contributed by atoms with E-state index in [4.69, 9.17) is 0 Å². The first-order chi connectivity index (χ1) is 13.6. The Morgan fingerprint density at radius 2 is 2.00 bits per heavy atom. The molecule has 3 heterocycles. The number of aromatic nitrogens is 2. The van der Waals surface area contributed by atoms with Crippen LogP contribution in [0.4, 0.5) is 4.39 Å². The fourth-order valence-corrected chi connectivity index (χ4v) is 4.36. The number of halogens is 1. The second-order valence-electron chi connectivity index (χ2n) is 7.72. The lowest BCUT2D eigenvalue weighted by Gasteiger charge is -2.36. The molecule has 1 unspecified atom stereocenters. The van der Waals surface area contributed by atoms with Gasteiger partial charge in [0, 0.05) is 37.8 Å². The number of carbonyl (C=O) groups is 1. The van der Waals surface area contributed by atoms with Gasteiger partial charge >= 0.3 is 0 Å². The zero-order valence-electron chi connectivity index (χ0n) is 16.3. The minimum atomic E-state index is -0.260. The highest BCUT2D eigenvalue weighted by Gasteiger charge is 2.32. The fraction of sp³-hybridized carbons (Fsp3) is 0.524. The quantitative estimate of drug-likeness (QED) is 0.827. The van der Waals surface area contributed by atoms with E-state index in [9.17, 15) is 9.18 Å². The van der Waals surface area contributed by atoms with Gasteiger partial charge in [-0.25, -0.2) is 9.37 Å². The molecule has 0 aliphatic carbocycles. The second kappa shape index (κ2) is 8.41. The Hall–Kier alpha value is -2.25. The van der Waals surface area contributed by atoms with Crippen LogP contribution < -0.4 is 5.32 Å². The van der Waals surface area contributed by atoms with Crippen LogP contribution in [0.3, 0.4) is 0 Å². The number of piperidine rings is 1. The van der Waals surface area contributed by atoms with Crippen molar-refractivity contribution in [1.29, 1.82) is 0 Å². The molecule has 1 saturated heterocycles. The maximum atomic E-state index is 13.4. The van der Waals surface area contributed by atoms with Crippen LogP contribution in [0.25, 0.3) is 0 Å². The Labute approximate surface area is 165 Å². The number of fused-ring (bicyclic) bond motifs is 1. The summed E-state index contributed by atoms with van der Waals surface area (Å²) in [6.45, 7) is 6.41. The molecule has 2 aliphatic rings. The van der Waals surface area contributed by atoms with Crippen LogP contribution in [0, 0.1) is 5.82 Å². The molecule has 0 radical (unpaired) electrons. The summed E-state index contributed by atoms with van der Waals surface area (Å²) in [5, 5.41) is 3.21. The number of imidazole rings is 1. The molecule has 0 spiro atoms. The van der Waals surface area contributed by atoms with Crippen molar-refractivity contribution in [2.45, 2.75) is 38.3 Å². The number of H-pyrrole nitrogens is 1. The highest BCUT2D eigenvalue weighted by molar-refractivity contribution is 5.78. The van der Waals surface area contributed by atoms with Gasteiger partial charge < -0.3 is 15.2 Å². The minimum Gasteiger partial charge on any atom is -0.352 e. The molecule has 7 heteroatoms. The summed E-state index contributed by atoms with van der Waals surface area (Å²) in [7, 11) is 0. The number of hydrogen-bond donors (Lipinski definition) is 2. The van der Waals surface area contributed by atoms with Gasteiger partial charge in [0.15, 0.2) is 0 Å². The number of nitrogens with one attached hydrogen (secondary N) is 2. The zero-order chi connectivity index (χ0) is 19.5. The average molecular weight is 385 g/mol. The van der Waals surface area contributed by atoms with Crippen molar-refractivity contribution in [1.82, 2.24) is 25.1 Å². The Morgan fingerprint density at radius 1 is 1.25 bits per heavy atom. The Balaban J connectivity index is 1.45. The van der Waals surface area contributed by atoms with Crippen LogP contribution in [0.5, 0.6) is 0 Å². The van der Waals surface area contributed by atoms with Crippen molar-refractivity contribution < 1.29 is 9.18 Å². The lowest BCUT2D eigenvalue weighted by molar-refractivity contribution is -0.123. The van der Waals surface area contributed by atoms with E-state index >= 15 is 0 Å². The van der Waals surface area contributed by atoms with E-state index in [1.807, 2.05) is 0 Å². The normalized spacial score (nSPS) is 21.4. The first kappa shape index (κ1) is 19.1. The molecular weight excluding hydrogens is 357 g/mol. The van der Waals surface area contributed by atoms with Crippen LogP contribution >= 0.6 is 0 Å². The number of nitrogens with zero attached hydrogens (tertiary/aromatic N) is 3. The third-order valence-electron chi connectivity index (χ3n) is 5.96. The van der Waals surface area contributed by atoms with Gasteiger partial charge in [-0.2, -0.15) is 0 Å². The van der Waals surface area contributed by atoms with Gasteiger partial charge in [0.05, 0.1) is 24.6 Å². The summed E-state index contributed by atoms with van der Waals surface area (Å²) >= 11 is 0. The summed E-state index contributed by atoms with van der Waals surface area (Å²) in [6, 6.07) is 6.63. The van der Waals surface area contributed by atoms with Gasteiger partial charge in [-0.05, 0) is 37.1 Å². The third-order valence-corrected chi connectivity index (χ3v) is 5.96. The molecule has 1 aromatic heterocycles. The smallest absolute Gasteiger partial charge is 0.234 e. The van der Waals surface area contributed by atoms with Crippen molar-refractivity contribution in [3.05, 3.63) is 53.4 Å². The maximum Gasteiger partial charge on any atom is 0.234 e. The van der Waals surface area contributed by atoms with Gasteiger partial charge in [-0.15, -0.1) is 0 Å². The molecule has 0 bridgehead atoms. The monoisotopic (exact) mass is 385 g/mol. The van der Waals surface area contributed by atoms with Crippen LogP contribution in [-0.2, 0) is 11.2 Å². The number of carbonyl (C=O) groups excluding carboxylic acids is 1. The first-order valence-electron chi connectivity index (χ1n) is 10.2. The number of hydrogen-bond acceptors (Lipinski definition) is 4. The lowest BCUT2D eigenvalue weighted by atomic mass is 9.95.